The van der Waals surface area contributed by atoms with Crippen LogP contribution in [0.3, 0.4) is 0 Å². The monoisotopic (exact) mass is 397 g/mol. The number of nitrogens with one attached hydrogen (secondary N) is 1. The first kappa shape index (κ1) is 19.6. The minimum absolute atomic E-state index is 0.0766. The molecule has 1 amide bonds. The summed E-state index contributed by atoms with van der Waals surface area (Å²) in [7, 11) is 1.33. The molecule has 3 aromatic rings. The van der Waals surface area contributed by atoms with Crippen LogP contribution in [0.4, 0.5) is 5.69 Å². The Morgan fingerprint density at radius 2 is 1.53 bits per heavy atom. The quantitative estimate of drug-likeness (QED) is 0.596. The summed E-state index contributed by atoms with van der Waals surface area (Å²) < 4.78 is 4.69. The van der Waals surface area contributed by atoms with Crippen LogP contribution in [0.5, 0.6) is 0 Å². The molecule has 0 radical (unpaired) electrons. The number of methoxy groups -OCH3 is 1. The van der Waals surface area contributed by atoms with E-state index in [0.717, 1.165) is 16.8 Å². The number of amides is 1. The lowest BCUT2D eigenvalue weighted by molar-refractivity contribution is 0.0600. The molecule has 4 heteroatoms. The van der Waals surface area contributed by atoms with Crippen molar-refractivity contribution in [1.82, 2.24) is 0 Å². The van der Waals surface area contributed by atoms with Crippen molar-refractivity contribution < 1.29 is 14.3 Å². The van der Waals surface area contributed by atoms with Gasteiger partial charge in [0.15, 0.2) is 0 Å². The number of hydrogen-bond donors (Lipinski definition) is 1. The SMILES string of the molecule is COC(=O)c1ccc(C(=O)Nc2ccc3c(c2)C(c2ccccc2)=CC3(C)C)cc1. The first-order valence-electron chi connectivity index (χ1n) is 9.82. The average molecular weight is 397 g/mol. The van der Waals surface area contributed by atoms with E-state index in [9.17, 15) is 9.59 Å². The van der Waals surface area contributed by atoms with Crippen LogP contribution in [-0.4, -0.2) is 19.0 Å². The molecule has 0 bridgehead atoms. The van der Waals surface area contributed by atoms with Crippen LogP contribution in [0.1, 0.15) is 51.3 Å². The van der Waals surface area contributed by atoms with Crippen LogP contribution >= 0.6 is 0 Å². The molecule has 4 rings (SSSR count). The van der Waals surface area contributed by atoms with E-state index in [1.54, 1.807) is 24.3 Å². The van der Waals surface area contributed by atoms with Gasteiger partial charge in [-0.15, -0.1) is 0 Å². The van der Waals surface area contributed by atoms with E-state index in [4.69, 9.17) is 4.74 Å². The van der Waals surface area contributed by atoms with Gasteiger partial charge in [-0.25, -0.2) is 4.79 Å². The van der Waals surface area contributed by atoms with Gasteiger partial charge in [0.25, 0.3) is 5.91 Å². The zero-order valence-corrected chi connectivity index (χ0v) is 17.2. The summed E-state index contributed by atoms with van der Waals surface area (Å²) in [6.45, 7) is 4.39. The number of carbonyl (C=O) groups is 2. The third-order valence-electron chi connectivity index (χ3n) is 5.42. The normalized spacial score (nSPS) is 13.9. The third-order valence-corrected chi connectivity index (χ3v) is 5.42. The zero-order chi connectivity index (χ0) is 21.3. The van der Waals surface area contributed by atoms with Gasteiger partial charge in [-0.1, -0.05) is 56.3 Å². The van der Waals surface area contributed by atoms with Crippen molar-refractivity contribution in [2.75, 3.05) is 12.4 Å². The number of hydrogen-bond acceptors (Lipinski definition) is 3. The Balaban J connectivity index is 1.61. The fraction of sp³-hybridized carbons (Fsp3) is 0.154. The summed E-state index contributed by atoms with van der Waals surface area (Å²) >= 11 is 0. The summed E-state index contributed by atoms with van der Waals surface area (Å²) in [5.41, 5.74) is 6.24. The Kier molecular flexibility index (Phi) is 5.00. The lowest BCUT2D eigenvalue weighted by Gasteiger charge is -2.18. The van der Waals surface area contributed by atoms with Gasteiger partial charge in [0.2, 0.25) is 0 Å². The van der Waals surface area contributed by atoms with Gasteiger partial charge in [0.05, 0.1) is 12.7 Å². The fourth-order valence-corrected chi connectivity index (χ4v) is 3.86. The van der Waals surface area contributed by atoms with Crippen molar-refractivity contribution in [2.24, 2.45) is 0 Å². The molecule has 0 heterocycles. The molecule has 0 atom stereocenters. The molecular formula is C26H23NO3. The molecule has 0 fully saturated rings. The molecule has 4 nitrogen and oxygen atoms in total. The van der Waals surface area contributed by atoms with Crippen molar-refractivity contribution in [1.29, 1.82) is 0 Å². The molecule has 0 unspecified atom stereocenters. The highest BCUT2D eigenvalue weighted by Crippen LogP contribution is 2.44. The summed E-state index contributed by atoms with van der Waals surface area (Å²) in [4.78, 5) is 24.3. The van der Waals surface area contributed by atoms with Gasteiger partial charge in [0, 0.05) is 16.7 Å². The molecule has 0 aliphatic heterocycles. The second kappa shape index (κ2) is 7.64. The smallest absolute Gasteiger partial charge is 0.337 e. The Morgan fingerprint density at radius 1 is 0.867 bits per heavy atom. The predicted molar refractivity (Wildman–Crippen MR) is 119 cm³/mol. The average Bonchev–Trinajstić information content (AvgIpc) is 3.04. The van der Waals surface area contributed by atoms with E-state index < -0.39 is 5.97 Å². The number of anilines is 1. The van der Waals surface area contributed by atoms with E-state index in [1.807, 2.05) is 30.3 Å². The predicted octanol–water partition coefficient (Wildman–Crippen LogP) is 5.45. The second-order valence-electron chi connectivity index (χ2n) is 7.93. The maximum absolute atomic E-state index is 12.7. The van der Waals surface area contributed by atoms with Crippen molar-refractivity contribution in [3.8, 4) is 0 Å². The Hall–Kier alpha value is -3.66. The minimum atomic E-state index is -0.427. The lowest BCUT2D eigenvalue weighted by atomic mass is 9.87. The van der Waals surface area contributed by atoms with Gasteiger partial charge in [-0.2, -0.15) is 0 Å². The molecule has 0 aromatic heterocycles. The first-order valence-corrected chi connectivity index (χ1v) is 9.82. The second-order valence-corrected chi connectivity index (χ2v) is 7.93. The number of ether oxygens (including phenoxy) is 1. The van der Waals surface area contributed by atoms with Gasteiger partial charge < -0.3 is 10.1 Å². The molecule has 1 aliphatic rings. The number of rotatable bonds is 4. The van der Waals surface area contributed by atoms with E-state index >= 15 is 0 Å². The minimum Gasteiger partial charge on any atom is -0.465 e. The Labute approximate surface area is 176 Å². The zero-order valence-electron chi connectivity index (χ0n) is 17.2. The maximum atomic E-state index is 12.7. The topological polar surface area (TPSA) is 55.4 Å². The number of benzene rings is 3. The van der Waals surface area contributed by atoms with Crippen LogP contribution in [-0.2, 0) is 10.2 Å². The van der Waals surface area contributed by atoms with Crippen molar-refractivity contribution in [3.05, 3.63) is 107 Å². The van der Waals surface area contributed by atoms with Crippen LogP contribution in [0.15, 0.2) is 78.9 Å². The van der Waals surface area contributed by atoms with E-state index in [-0.39, 0.29) is 11.3 Å². The molecule has 0 spiro atoms. The van der Waals surface area contributed by atoms with Crippen molar-refractivity contribution in [2.45, 2.75) is 19.3 Å². The number of allylic oxidation sites excluding steroid dienone is 1. The highest BCUT2D eigenvalue weighted by Gasteiger charge is 2.30. The number of carbonyl (C=O) groups excluding carboxylic acids is 2. The van der Waals surface area contributed by atoms with Crippen LogP contribution in [0, 0.1) is 0 Å². The van der Waals surface area contributed by atoms with E-state index in [0.29, 0.717) is 11.1 Å². The van der Waals surface area contributed by atoms with Gasteiger partial charge in [0.1, 0.15) is 0 Å². The standard InChI is InChI=1S/C26H23NO3/c1-26(2)16-22(17-7-5-4-6-8-17)21-15-20(13-14-23(21)26)27-24(28)18-9-11-19(12-10-18)25(29)30-3/h4-16H,1-3H3,(H,27,28). The number of fused-ring (bicyclic) bond motifs is 1. The summed E-state index contributed by atoms with van der Waals surface area (Å²) in [6, 6.07) is 22.7. The van der Waals surface area contributed by atoms with Crippen LogP contribution in [0.25, 0.3) is 5.57 Å². The molecule has 30 heavy (non-hydrogen) atoms. The van der Waals surface area contributed by atoms with Crippen LogP contribution in [0.2, 0.25) is 0 Å². The highest BCUT2D eigenvalue weighted by atomic mass is 16.5. The van der Waals surface area contributed by atoms with Crippen molar-refractivity contribution >= 4 is 23.1 Å². The Bertz CT molecular complexity index is 1140. The van der Waals surface area contributed by atoms with Crippen LogP contribution < -0.4 is 5.32 Å². The van der Waals surface area contributed by atoms with Crippen molar-refractivity contribution in [3.63, 3.8) is 0 Å². The summed E-state index contributed by atoms with van der Waals surface area (Å²) in [5.74, 6) is -0.655. The Morgan fingerprint density at radius 3 is 2.20 bits per heavy atom. The van der Waals surface area contributed by atoms with Gasteiger partial charge in [-0.3, -0.25) is 4.79 Å². The molecule has 3 aromatic carbocycles. The maximum Gasteiger partial charge on any atom is 0.337 e. The lowest BCUT2D eigenvalue weighted by Crippen LogP contribution is -2.14. The molecule has 1 N–H and O–H groups in total. The van der Waals surface area contributed by atoms with E-state index in [1.165, 1.54) is 18.2 Å². The molecular weight excluding hydrogens is 374 g/mol. The summed E-state index contributed by atoms with van der Waals surface area (Å²) in [5, 5.41) is 2.97. The van der Waals surface area contributed by atoms with Gasteiger partial charge in [-0.05, 0) is 58.7 Å². The first-order chi connectivity index (χ1) is 14.4. The summed E-state index contributed by atoms with van der Waals surface area (Å²) in [6.07, 6.45) is 2.28. The number of esters is 1. The molecule has 0 saturated carbocycles. The third kappa shape index (κ3) is 3.64. The fourth-order valence-electron chi connectivity index (χ4n) is 3.86. The largest absolute Gasteiger partial charge is 0.465 e. The highest BCUT2D eigenvalue weighted by molar-refractivity contribution is 6.05. The molecule has 150 valence electrons. The van der Waals surface area contributed by atoms with Gasteiger partial charge >= 0.3 is 5.97 Å². The molecule has 1 aliphatic carbocycles. The molecule has 0 saturated heterocycles. The van der Waals surface area contributed by atoms with E-state index in [2.05, 4.69) is 43.4 Å².